The van der Waals surface area contributed by atoms with Crippen molar-refractivity contribution in [2.75, 3.05) is 18.1 Å². The maximum absolute atomic E-state index is 11.9. The highest BCUT2D eigenvalue weighted by atomic mass is 32.2. The average Bonchev–Trinajstić information content (AvgIpc) is 2.89. The molecule has 19 heavy (non-hydrogen) atoms. The van der Waals surface area contributed by atoms with Crippen LogP contribution in [0.1, 0.15) is 30.6 Å². The van der Waals surface area contributed by atoms with E-state index in [4.69, 9.17) is 4.74 Å². The van der Waals surface area contributed by atoms with Gasteiger partial charge < -0.3 is 10.1 Å². The molecule has 2 heterocycles. The van der Waals surface area contributed by atoms with Crippen LogP contribution in [-0.4, -0.2) is 35.0 Å². The maximum atomic E-state index is 11.9. The summed E-state index contributed by atoms with van der Waals surface area (Å²) in [5.74, 6) is 3.06. The second kappa shape index (κ2) is 6.80. The van der Waals surface area contributed by atoms with Crippen molar-refractivity contribution in [3.8, 4) is 5.88 Å². The summed E-state index contributed by atoms with van der Waals surface area (Å²) in [6.07, 6.45) is 2.91. The molecule has 1 aromatic rings. The fourth-order valence-corrected chi connectivity index (χ4v) is 2.88. The van der Waals surface area contributed by atoms with E-state index >= 15 is 0 Å². The minimum atomic E-state index is -0.0678. The van der Waals surface area contributed by atoms with Crippen molar-refractivity contribution < 1.29 is 9.53 Å². The van der Waals surface area contributed by atoms with Crippen LogP contribution in [0.3, 0.4) is 0 Å². The molecule has 0 bridgehead atoms. The Balaban J connectivity index is 1.95. The van der Waals surface area contributed by atoms with E-state index in [9.17, 15) is 4.79 Å². The predicted molar refractivity (Wildman–Crippen MR) is 77.8 cm³/mol. The van der Waals surface area contributed by atoms with Crippen LogP contribution in [0.2, 0.25) is 0 Å². The molecular weight excluding hydrogens is 260 g/mol. The Morgan fingerprint density at radius 2 is 2.47 bits per heavy atom. The summed E-state index contributed by atoms with van der Waals surface area (Å²) < 4.78 is 5.78. The Morgan fingerprint density at radius 3 is 3.16 bits per heavy atom. The summed E-state index contributed by atoms with van der Waals surface area (Å²) in [7, 11) is 0. The van der Waals surface area contributed by atoms with Gasteiger partial charge in [0.15, 0.2) is 0 Å². The van der Waals surface area contributed by atoms with Gasteiger partial charge in [-0.05, 0) is 24.2 Å². The van der Waals surface area contributed by atoms with Crippen molar-refractivity contribution in [2.24, 2.45) is 5.92 Å². The molecule has 0 aliphatic carbocycles. The first-order valence-corrected chi connectivity index (χ1v) is 7.79. The molecule has 1 aliphatic rings. The van der Waals surface area contributed by atoms with Crippen LogP contribution >= 0.6 is 11.8 Å². The number of hydrogen-bond acceptors (Lipinski definition) is 4. The van der Waals surface area contributed by atoms with Crippen molar-refractivity contribution in [1.29, 1.82) is 0 Å². The van der Waals surface area contributed by atoms with Crippen molar-refractivity contribution in [2.45, 2.75) is 26.4 Å². The molecule has 2 rings (SSSR count). The molecule has 1 aliphatic heterocycles. The number of rotatable bonds is 5. The Bertz CT molecular complexity index is 431. The summed E-state index contributed by atoms with van der Waals surface area (Å²) >= 11 is 1.89. The van der Waals surface area contributed by atoms with E-state index in [0.717, 1.165) is 17.9 Å². The number of nitrogens with one attached hydrogen (secondary N) is 1. The quantitative estimate of drug-likeness (QED) is 0.899. The Labute approximate surface area is 118 Å². The fraction of sp³-hybridized carbons (Fsp3) is 0.571. The number of amides is 1. The van der Waals surface area contributed by atoms with Gasteiger partial charge >= 0.3 is 0 Å². The van der Waals surface area contributed by atoms with Crippen LogP contribution in [0.25, 0.3) is 0 Å². The van der Waals surface area contributed by atoms with Gasteiger partial charge in [-0.15, -0.1) is 0 Å². The van der Waals surface area contributed by atoms with E-state index in [2.05, 4.69) is 24.1 Å². The summed E-state index contributed by atoms with van der Waals surface area (Å²) in [5.41, 5.74) is 0.608. The SMILES string of the molecule is CC(C)CNC(=O)c1ccnc(OC2CCSC2)c1. The van der Waals surface area contributed by atoms with Crippen LogP contribution in [0.15, 0.2) is 18.3 Å². The topological polar surface area (TPSA) is 51.2 Å². The molecule has 0 aromatic carbocycles. The molecule has 0 saturated carbocycles. The third-order valence-corrected chi connectivity index (χ3v) is 3.98. The zero-order valence-corrected chi connectivity index (χ0v) is 12.2. The zero-order chi connectivity index (χ0) is 13.7. The lowest BCUT2D eigenvalue weighted by molar-refractivity contribution is 0.0948. The van der Waals surface area contributed by atoms with E-state index in [-0.39, 0.29) is 12.0 Å². The van der Waals surface area contributed by atoms with Gasteiger partial charge in [0.2, 0.25) is 5.88 Å². The van der Waals surface area contributed by atoms with Crippen LogP contribution in [0.5, 0.6) is 5.88 Å². The van der Waals surface area contributed by atoms with Gasteiger partial charge in [-0.25, -0.2) is 4.98 Å². The lowest BCUT2D eigenvalue weighted by Crippen LogP contribution is -2.27. The average molecular weight is 280 g/mol. The minimum Gasteiger partial charge on any atom is -0.473 e. The third-order valence-electron chi connectivity index (χ3n) is 2.84. The van der Waals surface area contributed by atoms with Gasteiger partial charge in [0, 0.05) is 30.1 Å². The smallest absolute Gasteiger partial charge is 0.251 e. The molecule has 1 atom stereocenters. The number of ether oxygens (including phenoxy) is 1. The molecule has 4 nitrogen and oxygen atoms in total. The fourth-order valence-electron chi connectivity index (χ4n) is 1.79. The highest BCUT2D eigenvalue weighted by Gasteiger charge is 2.18. The summed E-state index contributed by atoms with van der Waals surface area (Å²) in [6.45, 7) is 4.81. The molecule has 1 aromatic heterocycles. The van der Waals surface area contributed by atoms with Gasteiger partial charge in [-0.2, -0.15) is 11.8 Å². The van der Waals surface area contributed by atoms with E-state index in [1.54, 1.807) is 18.3 Å². The second-order valence-electron chi connectivity index (χ2n) is 5.09. The molecule has 1 saturated heterocycles. The number of aromatic nitrogens is 1. The van der Waals surface area contributed by atoms with Gasteiger partial charge in [0.1, 0.15) is 6.10 Å². The van der Waals surface area contributed by atoms with Crippen LogP contribution in [0.4, 0.5) is 0 Å². The van der Waals surface area contributed by atoms with Crippen LogP contribution in [0, 0.1) is 5.92 Å². The van der Waals surface area contributed by atoms with Crippen molar-refractivity contribution in [3.05, 3.63) is 23.9 Å². The monoisotopic (exact) mass is 280 g/mol. The zero-order valence-electron chi connectivity index (χ0n) is 11.4. The van der Waals surface area contributed by atoms with E-state index < -0.39 is 0 Å². The summed E-state index contributed by atoms with van der Waals surface area (Å²) in [5, 5.41) is 2.89. The lowest BCUT2D eigenvalue weighted by atomic mass is 10.2. The van der Waals surface area contributed by atoms with Gasteiger partial charge in [-0.3, -0.25) is 4.79 Å². The summed E-state index contributed by atoms with van der Waals surface area (Å²) in [4.78, 5) is 16.1. The van der Waals surface area contributed by atoms with Crippen molar-refractivity contribution in [3.63, 3.8) is 0 Å². The van der Waals surface area contributed by atoms with E-state index in [0.29, 0.717) is 23.9 Å². The second-order valence-corrected chi connectivity index (χ2v) is 6.24. The van der Waals surface area contributed by atoms with Crippen LogP contribution in [-0.2, 0) is 0 Å². The number of pyridine rings is 1. The molecule has 104 valence electrons. The molecule has 1 amide bonds. The van der Waals surface area contributed by atoms with Gasteiger partial charge in [-0.1, -0.05) is 13.8 Å². The molecule has 1 fully saturated rings. The first-order valence-electron chi connectivity index (χ1n) is 6.64. The minimum absolute atomic E-state index is 0.0678. The normalized spacial score (nSPS) is 18.6. The Morgan fingerprint density at radius 1 is 1.63 bits per heavy atom. The van der Waals surface area contributed by atoms with Crippen molar-refractivity contribution >= 4 is 17.7 Å². The van der Waals surface area contributed by atoms with E-state index in [1.807, 2.05) is 11.8 Å². The largest absolute Gasteiger partial charge is 0.473 e. The number of thioether (sulfide) groups is 1. The number of carbonyl (C=O) groups excluding carboxylic acids is 1. The highest BCUT2D eigenvalue weighted by Crippen LogP contribution is 2.22. The predicted octanol–water partition coefficient (Wildman–Crippen LogP) is 2.35. The molecule has 1 N–H and O–H groups in total. The van der Waals surface area contributed by atoms with Gasteiger partial charge in [0.25, 0.3) is 5.91 Å². The summed E-state index contributed by atoms with van der Waals surface area (Å²) in [6, 6.07) is 3.44. The first kappa shape index (κ1) is 14.2. The lowest BCUT2D eigenvalue weighted by Gasteiger charge is -2.12. The molecule has 0 spiro atoms. The standard InChI is InChI=1S/C14H20N2O2S/c1-10(2)8-16-14(17)11-3-5-15-13(7-11)18-12-4-6-19-9-12/h3,5,7,10,12H,4,6,8-9H2,1-2H3,(H,16,17). The van der Waals surface area contributed by atoms with E-state index in [1.165, 1.54) is 0 Å². The van der Waals surface area contributed by atoms with Crippen LogP contribution < -0.4 is 10.1 Å². The molecule has 1 unspecified atom stereocenters. The Hall–Kier alpha value is -1.23. The highest BCUT2D eigenvalue weighted by molar-refractivity contribution is 7.99. The maximum Gasteiger partial charge on any atom is 0.251 e. The van der Waals surface area contributed by atoms with Crippen molar-refractivity contribution in [1.82, 2.24) is 10.3 Å². The number of hydrogen-bond donors (Lipinski definition) is 1. The molecule has 0 radical (unpaired) electrons. The first-order chi connectivity index (χ1) is 9.15. The molecule has 5 heteroatoms. The number of nitrogens with zero attached hydrogens (tertiary/aromatic N) is 1. The Kier molecular flexibility index (Phi) is 5.07. The number of carbonyl (C=O) groups is 1. The molecular formula is C14H20N2O2S. The third kappa shape index (κ3) is 4.42. The van der Waals surface area contributed by atoms with Gasteiger partial charge in [0.05, 0.1) is 0 Å².